The molecule has 1 atom stereocenters. The van der Waals surface area contributed by atoms with Gasteiger partial charge >= 0.3 is 5.97 Å². The summed E-state index contributed by atoms with van der Waals surface area (Å²) in [6, 6.07) is 2.49. The van der Waals surface area contributed by atoms with Crippen LogP contribution in [0.5, 0.6) is 0 Å². The molecule has 13 heavy (non-hydrogen) atoms. The summed E-state index contributed by atoms with van der Waals surface area (Å²) in [5, 5.41) is 6.87. The van der Waals surface area contributed by atoms with Gasteiger partial charge in [0, 0.05) is 5.56 Å². The third-order valence-corrected chi connectivity index (χ3v) is 1.87. The summed E-state index contributed by atoms with van der Waals surface area (Å²) >= 11 is 5.31. The zero-order valence-electron chi connectivity index (χ0n) is 6.30. The second kappa shape index (κ2) is 3.70. The lowest BCUT2D eigenvalue weighted by Crippen LogP contribution is -2.07. The predicted octanol–water partition coefficient (Wildman–Crippen LogP) is 2.33. The Kier molecular flexibility index (Phi) is 2.83. The molecule has 2 nitrogen and oxygen atoms in total. The van der Waals surface area contributed by atoms with Crippen molar-refractivity contribution in [2.45, 2.75) is 5.38 Å². The maximum atomic E-state index is 12.9. The minimum Gasteiger partial charge on any atom is -0.480 e. The molecule has 0 aliphatic carbocycles. The maximum absolute atomic E-state index is 12.9. The van der Waals surface area contributed by atoms with Crippen LogP contribution in [-0.4, -0.2) is 11.1 Å². The lowest BCUT2D eigenvalue weighted by atomic mass is 10.1. The van der Waals surface area contributed by atoms with Gasteiger partial charge in [-0.15, -0.1) is 11.6 Å². The van der Waals surface area contributed by atoms with E-state index < -0.39 is 23.0 Å². The number of hydrogen-bond acceptors (Lipinski definition) is 1. The Morgan fingerprint density at radius 2 is 2.08 bits per heavy atom. The van der Waals surface area contributed by atoms with Gasteiger partial charge in [-0.05, 0) is 18.2 Å². The Morgan fingerprint density at radius 3 is 2.62 bits per heavy atom. The topological polar surface area (TPSA) is 37.3 Å². The van der Waals surface area contributed by atoms with Gasteiger partial charge in [0.05, 0.1) is 0 Å². The molecular formula is C8H5ClF2O2. The molecule has 1 rings (SSSR count). The van der Waals surface area contributed by atoms with E-state index in [-0.39, 0.29) is 5.56 Å². The van der Waals surface area contributed by atoms with Crippen molar-refractivity contribution in [3.63, 3.8) is 0 Å². The quantitative estimate of drug-likeness (QED) is 0.754. The molecule has 1 aromatic rings. The third kappa shape index (κ3) is 2.15. The van der Waals surface area contributed by atoms with Crippen molar-refractivity contribution in [1.29, 1.82) is 0 Å². The molecule has 0 amide bonds. The molecule has 0 saturated carbocycles. The number of halogens is 3. The van der Waals surface area contributed by atoms with Crippen molar-refractivity contribution in [1.82, 2.24) is 0 Å². The summed E-state index contributed by atoms with van der Waals surface area (Å²) in [5.74, 6) is -2.96. The van der Waals surface area contributed by atoms with E-state index in [4.69, 9.17) is 16.7 Å². The lowest BCUT2D eigenvalue weighted by Gasteiger charge is -2.05. The average Bonchev–Trinajstić information content (AvgIpc) is 2.08. The van der Waals surface area contributed by atoms with Crippen molar-refractivity contribution >= 4 is 17.6 Å². The van der Waals surface area contributed by atoms with Crippen molar-refractivity contribution in [2.24, 2.45) is 0 Å². The molecule has 1 N–H and O–H groups in total. The van der Waals surface area contributed by atoms with Gasteiger partial charge in [-0.1, -0.05) is 0 Å². The Balaban J connectivity index is 3.12. The van der Waals surface area contributed by atoms with Crippen LogP contribution < -0.4 is 0 Å². The summed E-state index contributed by atoms with van der Waals surface area (Å²) in [5.41, 5.74) is -0.367. The highest BCUT2D eigenvalue weighted by Gasteiger charge is 2.20. The van der Waals surface area contributed by atoms with E-state index in [1.807, 2.05) is 0 Å². The molecule has 1 aromatic carbocycles. The molecule has 0 fully saturated rings. The summed E-state index contributed by atoms with van der Waals surface area (Å²) in [6.45, 7) is 0. The fourth-order valence-electron chi connectivity index (χ4n) is 0.842. The van der Waals surface area contributed by atoms with Gasteiger partial charge in [0.1, 0.15) is 11.6 Å². The van der Waals surface area contributed by atoms with E-state index in [0.29, 0.717) is 0 Å². The normalized spacial score (nSPS) is 12.5. The molecule has 70 valence electrons. The zero-order valence-corrected chi connectivity index (χ0v) is 7.05. The van der Waals surface area contributed by atoms with E-state index in [9.17, 15) is 13.6 Å². The van der Waals surface area contributed by atoms with Crippen LogP contribution in [0.15, 0.2) is 18.2 Å². The number of carboxylic acid groups (broad SMARTS) is 1. The molecule has 0 aliphatic rings. The Labute approximate surface area is 77.8 Å². The maximum Gasteiger partial charge on any atom is 0.326 e. The molecule has 0 heterocycles. The number of alkyl halides is 1. The zero-order chi connectivity index (χ0) is 10.0. The summed E-state index contributed by atoms with van der Waals surface area (Å²) in [7, 11) is 0. The van der Waals surface area contributed by atoms with Gasteiger partial charge in [-0.25, -0.2) is 8.78 Å². The Bertz CT molecular complexity index is 341. The van der Waals surface area contributed by atoms with E-state index in [2.05, 4.69) is 0 Å². The number of aliphatic carboxylic acids is 1. The predicted molar refractivity (Wildman–Crippen MR) is 42.6 cm³/mol. The highest BCUT2D eigenvalue weighted by atomic mass is 35.5. The van der Waals surface area contributed by atoms with Gasteiger partial charge in [-0.2, -0.15) is 0 Å². The minimum atomic E-state index is -1.56. The number of carboxylic acids is 1. The van der Waals surface area contributed by atoms with Crippen LogP contribution in [0, 0.1) is 11.6 Å². The van der Waals surface area contributed by atoms with Gasteiger partial charge in [0.2, 0.25) is 0 Å². The SMILES string of the molecule is O=C(O)C(Cl)c1cc(F)ccc1F. The summed E-state index contributed by atoms with van der Waals surface area (Å²) < 4.78 is 25.4. The third-order valence-electron chi connectivity index (χ3n) is 1.45. The second-order valence-corrected chi connectivity index (χ2v) is 2.80. The number of carbonyl (C=O) groups is 1. The first-order chi connectivity index (χ1) is 6.02. The minimum absolute atomic E-state index is 0.367. The van der Waals surface area contributed by atoms with E-state index in [1.165, 1.54) is 0 Å². The molecule has 0 spiro atoms. The molecular weight excluding hydrogens is 202 g/mol. The summed E-state index contributed by atoms with van der Waals surface area (Å²) in [4.78, 5) is 10.3. The highest BCUT2D eigenvalue weighted by Crippen LogP contribution is 2.24. The van der Waals surface area contributed by atoms with Crippen LogP contribution in [0.2, 0.25) is 0 Å². The standard InChI is InChI=1S/C8H5ClF2O2/c9-7(8(12)13)5-3-4(10)1-2-6(5)11/h1-3,7H,(H,12,13). The monoisotopic (exact) mass is 206 g/mol. The van der Waals surface area contributed by atoms with Crippen LogP contribution in [0.25, 0.3) is 0 Å². The van der Waals surface area contributed by atoms with E-state index >= 15 is 0 Å². The molecule has 0 aromatic heterocycles. The number of benzene rings is 1. The molecule has 0 bridgehead atoms. The molecule has 5 heteroatoms. The first kappa shape index (κ1) is 9.92. The average molecular weight is 207 g/mol. The van der Waals surface area contributed by atoms with Crippen LogP contribution in [0.1, 0.15) is 10.9 Å². The van der Waals surface area contributed by atoms with Crippen molar-refractivity contribution in [2.75, 3.05) is 0 Å². The fourth-order valence-corrected chi connectivity index (χ4v) is 1.01. The molecule has 0 saturated heterocycles. The number of rotatable bonds is 2. The number of hydrogen-bond donors (Lipinski definition) is 1. The smallest absolute Gasteiger partial charge is 0.326 e. The van der Waals surface area contributed by atoms with Crippen molar-refractivity contribution in [3.05, 3.63) is 35.4 Å². The second-order valence-electron chi connectivity index (χ2n) is 2.37. The first-order valence-electron chi connectivity index (χ1n) is 3.34. The van der Waals surface area contributed by atoms with Crippen LogP contribution >= 0.6 is 11.6 Å². The van der Waals surface area contributed by atoms with Gasteiger partial charge < -0.3 is 5.11 Å². The summed E-state index contributed by atoms with van der Waals surface area (Å²) in [6.07, 6.45) is 0. The van der Waals surface area contributed by atoms with Crippen LogP contribution in [-0.2, 0) is 4.79 Å². The van der Waals surface area contributed by atoms with Crippen molar-refractivity contribution in [3.8, 4) is 0 Å². The molecule has 0 aliphatic heterocycles. The van der Waals surface area contributed by atoms with Gasteiger partial charge in [0.25, 0.3) is 0 Å². The Morgan fingerprint density at radius 1 is 1.46 bits per heavy atom. The van der Waals surface area contributed by atoms with E-state index in [0.717, 1.165) is 18.2 Å². The first-order valence-corrected chi connectivity index (χ1v) is 3.78. The lowest BCUT2D eigenvalue weighted by molar-refractivity contribution is -0.136. The fraction of sp³-hybridized carbons (Fsp3) is 0.125. The van der Waals surface area contributed by atoms with Crippen LogP contribution in [0.3, 0.4) is 0 Å². The molecule has 1 unspecified atom stereocenters. The van der Waals surface area contributed by atoms with Gasteiger partial charge in [0.15, 0.2) is 5.38 Å². The highest BCUT2D eigenvalue weighted by molar-refractivity contribution is 6.29. The van der Waals surface area contributed by atoms with Crippen LogP contribution in [0.4, 0.5) is 8.78 Å². The Hall–Kier alpha value is -1.16. The van der Waals surface area contributed by atoms with Gasteiger partial charge in [-0.3, -0.25) is 4.79 Å². The van der Waals surface area contributed by atoms with Crippen molar-refractivity contribution < 1.29 is 18.7 Å². The van der Waals surface area contributed by atoms with E-state index in [1.54, 1.807) is 0 Å². The largest absolute Gasteiger partial charge is 0.480 e. The molecule has 0 radical (unpaired) electrons.